The van der Waals surface area contributed by atoms with Crippen LogP contribution in [0.3, 0.4) is 0 Å². The summed E-state index contributed by atoms with van der Waals surface area (Å²) in [4.78, 5) is 0. The maximum absolute atomic E-state index is 2.50. The standard InChI is InChI=1S/C15H28/c1-5-7-11(4)14-9-12-8-13(15(12)14)10(3)6-2/h10-15H,5-9H2,1-4H3. The average molecular weight is 208 g/mol. The van der Waals surface area contributed by atoms with Crippen LogP contribution in [-0.2, 0) is 0 Å². The molecule has 2 saturated carbocycles. The van der Waals surface area contributed by atoms with Crippen molar-refractivity contribution in [1.29, 1.82) is 0 Å². The second-order valence-corrected chi connectivity index (χ2v) is 6.29. The third-order valence-electron chi connectivity index (χ3n) is 5.53. The largest absolute Gasteiger partial charge is 0.0654 e. The molecule has 15 heavy (non-hydrogen) atoms. The highest BCUT2D eigenvalue weighted by Crippen LogP contribution is 2.62. The van der Waals surface area contributed by atoms with Crippen molar-refractivity contribution in [3.8, 4) is 0 Å². The maximum Gasteiger partial charge on any atom is -0.0323 e. The summed E-state index contributed by atoms with van der Waals surface area (Å²) in [5, 5.41) is 0. The summed E-state index contributed by atoms with van der Waals surface area (Å²) in [5.74, 6) is 6.47. The van der Waals surface area contributed by atoms with E-state index in [4.69, 9.17) is 0 Å². The molecule has 2 aliphatic carbocycles. The molecule has 0 saturated heterocycles. The molecule has 0 N–H and O–H groups in total. The molecular weight excluding hydrogens is 180 g/mol. The minimum Gasteiger partial charge on any atom is -0.0654 e. The van der Waals surface area contributed by atoms with Gasteiger partial charge in [-0.3, -0.25) is 0 Å². The van der Waals surface area contributed by atoms with Crippen molar-refractivity contribution in [1.82, 2.24) is 0 Å². The van der Waals surface area contributed by atoms with E-state index < -0.39 is 0 Å². The number of rotatable bonds is 5. The summed E-state index contributed by atoms with van der Waals surface area (Å²) in [6.07, 6.45) is 7.36. The SMILES string of the molecule is CCCC(C)C1CC2CC(C(C)CC)C21. The van der Waals surface area contributed by atoms with E-state index in [-0.39, 0.29) is 0 Å². The van der Waals surface area contributed by atoms with Crippen molar-refractivity contribution in [3.05, 3.63) is 0 Å². The van der Waals surface area contributed by atoms with E-state index in [9.17, 15) is 0 Å². The molecule has 0 aromatic carbocycles. The molecule has 0 aromatic rings. The average Bonchev–Trinajstić information content (AvgIpc) is 2.20. The van der Waals surface area contributed by atoms with Crippen LogP contribution in [0.25, 0.3) is 0 Å². The molecule has 6 unspecified atom stereocenters. The van der Waals surface area contributed by atoms with Gasteiger partial charge >= 0.3 is 0 Å². The lowest BCUT2D eigenvalue weighted by atomic mass is 9.43. The Morgan fingerprint density at radius 3 is 2.07 bits per heavy atom. The van der Waals surface area contributed by atoms with Crippen LogP contribution in [0.1, 0.15) is 59.8 Å². The van der Waals surface area contributed by atoms with Crippen molar-refractivity contribution >= 4 is 0 Å². The van der Waals surface area contributed by atoms with E-state index in [1.807, 2.05) is 0 Å². The van der Waals surface area contributed by atoms with Gasteiger partial charge in [0, 0.05) is 0 Å². The lowest BCUT2D eigenvalue weighted by Crippen LogP contribution is -2.55. The van der Waals surface area contributed by atoms with Crippen molar-refractivity contribution in [2.75, 3.05) is 0 Å². The Morgan fingerprint density at radius 1 is 1.00 bits per heavy atom. The predicted octanol–water partition coefficient (Wildman–Crippen LogP) is 4.74. The van der Waals surface area contributed by atoms with Gasteiger partial charge in [0.25, 0.3) is 0 Å². The molecule has 2 fully saturated rings. The van der Waals surface area contributed by atoms with Crippen LogP contribution in [0, 0.1) is 35.5 Å². The van der Waals surface area contributed by atoms with Gasteiger partial charge in [-0.15, -0.1) is 0 Å². The van der Waals surface area contributed by atoms with Crippen LogP contribution >= 0.6 is 0 Å². The van der Waals surface area contributed by atoms with Gasteiger partial charge < -0.3 is 0 Å². The molecule has 88 valence electrons. The van der Waals surface area contributed by atoms with E-state index in [0.29, 0.717) is 0 Å². The van der Waals surface area contributed by atoms with Crippen LogP contribution in [0.5, 0.6) is 0 Å². The van der Waals surface area contributed by atoms with Gasteiger partial charge in [-0.2, -0.15) is 0 Å². The Hall–Kier alpha value is 0. The third kappa shape index (κ3) is 1.85. The molecule has 0 radical (unpaired) electrons. The highest BCUT2D eigenvalue weighted by Gasteiger charge is 2.55. The maximum atomic E-state index is 2.50. The second-order valence-electron chi connectivity index (χ2n) is 6.29. The highest BCUT2D eigenvalue weighted by atomic mass is 14.6. The van der Waals surface area contributed by atoms with Crippen LogP contribution in [-0.4, -0.2) is 0 Å². The van der Waals surface area contributed by atoms with Crippen LogP contribution in [0.4, 0.5) is 0 Å². The van der Waals surface area contributed by atoms with E-state index in [1.54, 1.807) is 12.8 Å². The molecule has 0 amide bonds. The number of hydrogen-bond donors (Lipinski definition) is 0. The molecule has 6 atom stereocenters. The minimum absolute atomic E-state index is 0.989. The fourth-order valence-corrected chi connectivity index (χ4v) is 4.24. The van der Waals surface area contributed by atoms with Crippen LogP contribution in [0.2, 0.25) is 0 Å². The summed E-state index contributed by atoms with van der Waals surface area (Å²) >= 11 is 0. The summed E-state index contributed by atoms with van der Waals surface area (Å²) in [7, 11) is 0. The number of fused-ring (bicyclic) bond motifs is 1. The Kier molecular flexibility index (Phi) is 3.42. The van der Waals surface area contributed by atoms with Gasteiger partial charge in [0.15, 0.2) is 0 Å². The Labute approximate surface area is 95.8 Å². The second kappa shape index (κ2) is 4.47. The van der Waals surface area contributed by atoms with Crippen molar-refractivity contribution < 1.29 is 0 Å². The zero-order valence-electron chi connectivity index (χ0n) is 11.0. The molecule has 0 bridgehead atoms. The molecule has 0 aliphatic heterocycles. The zero-order chi connectivity index (χ0) is 11.0. The van der Waals surface area contributed by atoms with Gasteiger partial charge in [-0.1, -0.05) is 47.0 Å². The first-order valence-electron chi connectivity index (χ1n) is 7.19. The fourth-order valence-electron chi connectivity index (χ4n) is 4.24. The van der Waals surface area contributed by atoms with Gasteiger partial charge in [-0.05, 0) is 48.3 Å². The first-order chi connectivity index (χ1) is 7.19. The lowest BCUT2D eigenvalue weighted by molar-refractivity contribution is -0.132. The van der Waals surface area contributed by atoms with Gasteiger partial charge in [0.1, 0.15) is 0 Å². The minimum atomic E-state index is 0.989. The predicted molar refractivity (Wildman–Crippen MR) is 66.7 cm³/mol. The summed E-state index contributed by atoms with van der Waals surface area (Å²) in [6, 6.07) is 0. The van der Waals surface area contributed by atoms with Crippen LogP contribution in [0.15, 0.2) is 0 Å². The van der Waals surface area contributed by atoms with E-state index in [2.05, 4.69) is 27.7 Å². The van der Waals surface area contributed by atoms with E-state index >= 15 is 0 Å². The first-order valence-corrected chi connectivity index (χ1v) is 7.19. The number of hydrogen-bond acceptors (Lipinski definition) is 0. The fraction of sp³-hybridized carbons (Fsp3) is 1.00. The third-order valence-corrected chi connectivity index (χ3v) is 5.53. The zero-order valence-corrected chi connectivity index (χ0v) is 11.0. The van der Waals surface area contributed by atoms with Crippen molar-refractivity contribution in [2.24, 2.45) is 35.5 Å². The first kappa shape index (κ1) is 11.5. The molecule has 2 rings (SSSR count). The smallest absolute Gasteiger partial charge is 0.0323 e. The van der Waals surface area contributed by atoms with E-state index in [1.165, 1.54) is 19.3 Å². The molecule has 0 spiro atoms. The monoisotopic (exact) mass is 208 g/mol. The molecule has 0 nitrogen and oxygen atoms in total. The van der Waals surface area contributed by atoms with Gasteiger partial charge in [0.05, 0.1) is 0 Å². The van der Waals surface area contributed by atoms with Crippen LogP contribution < -0.4 is 0 Å². The van der Waals surface area contributed by atoms with Crippen molar-refractivity contribution in [3.63, 3.8) is 0 Å². The summed E-state index contributed by atoms with van der Waals surface area (Å²) < 4.78 is 0. The lowest BCUT2D eigenvalue weighted by Gasteiger charge is -2.62. The molecule has 0 heteroatoms. The topological polar surface area (TPSA) is 0 Å². The molecule has 2 aliphatic rings. The highest BCUT2D eigenvalue weighted by molar-refractivity contribution is 5.04. The molecule has 0 heterocycles. The Morgan fingerprint density at radius 2 is 1.60 bits per heavy atom. The summed E-state index contributed by atoms with van der Waals surface area (Å²) in [6.45, 7) is 9.66. The van der Waals surface area contributed by atoms with E-state index in [0.717, 1.165) is 35.5 Å². The Balaban J connectivity index is 1.86. The Bertz CT molecular complexity index is 208. The quantitative estimate of drug-likeness (QED) is 0.612. The van der Waals surface area contributed by atoms with Gasteiger partial charge in [0.2, 0.25) is 0 Å². The molecule has 0 aromatic heterocycles. The molecular formula is C15H28. The summed E-state index contributed by atoms with van der Waals surface area (Å²) in [5.41, 5.74) is 0. The van der Waals surface area contributed by atoms with Gasteiger partial charge in [-0.25, -0.2) is 0 Å². The van der Waals surface area contributed by atoms with Crippen molar-refractivity contribution in [2.45, 2.75) is 59.8 Å². The normalized spacial score (nSPS) is 42.4.